The van der Waals surface area contributed by atoms with Crippen LogP contribution in [0.5, 0.6) is 11.8 Å². The molecule has 240 valence electrons. The minimum atomic E-state index is -1.15. The molecule has 4 heterocycles. The standard InChI is InChI=1S/C33H35F2N7O4/c1-4-20-23(34)7-6-18-12-19(43)13-21(24(18)20)26-25(35)27-22(14-36-26)28(38-31(37-27)46-17-32(9-10-32)15-41(2)3)42-11-5-8-33(16-42)29(44)39-30(45)40-33/h6-7,12-14,43H,4-5,8-11,15-17H2,1-3H3,(H2,39,40,44,45). The Morgan fingerprint density at radius 1 is 1.13 bits per heavy atom. The Hall–Kier alpha value is -4.65. The second-order valence-corrected chi connectivity index (χ2v) is 13.0. The van der Waals surface area contributed by atoms with E-state index in [9.17, 15) is 19.1 Å². The summed E-state index contributed by atoms with van der Waals surface area (Å²) in [5.41, 5.74) is -0.747. The number of carbonyl (C=O) groups excluding carboxylic acids is 2. The minimum Gasteiger partial charge on any atom is -0.508 e. The number of nitrogens with one attached hydrogen (secondary N) is 2. The van der Waals surface area contributed by atoms with E-state index in [1.165, 1.54) is 24.4 Å². The molecule has 2 aromatic carbocycles. The van der Waals surface area contributed by atoms with E-state index in [0.717, 1.165) is 19.4 Å². The van der Waals surface area contributed by atoms with Crippen molar-refractivity contribution in [1.82, 2.24) is 30.5 Å². The molecule has 2 saturated heterocycles. The van der Waals surface area contributed by atoms with Crippen molar-refractivity contribution in [2.75, 3.05) is 45.2 Å². The number of hydrogen-bond acceptors (Lipinski definition) is 9. The van der Waals surface area contributed by atoms with Crippen molar-refractivity contribution < 1.29 is 28.2 Å². The van der Waals surface area contributed by atoms with E-state index >= 15 is 4.39 Å². The largest absolute Gasteiger partial charge is 0.508 e. The number of aromatic hydroxyl groups is 1. The first-order valence-corrected chi connectivity index (χ1v) is 15.5. The number of nitrogens with zero attached hydrogens (tertiary/aromatic N) is 5. The fraction of sp³-hybridized carbons (Fsp3) is 0.424. The molecule has 0 radical (unpaired) electrons. The number of benzene rings is 2. The molecule has 1 spiro atoms. The third kappa shape index (κ3) is 5.12. The van der Waals surface area contributed by atoms with Crippen molar-refractivity contribution in [3.63, 3.8) is 0 Å². The SMILES string of the molecule is CCc1c(F)ccc2cc(O)cc(-c3ncc4c(N5CCCC6(C5)NC(=O)NC6=O)nc(OCC5(CN(C)C)CC5)nc4c3F)c12. The summed E-state index contributed by atoms with van der Waals surface area (Å²) in [6.45, 7) is 3.57. The lowest BCUT2D eigenvalue weighted by atomic mass is 9.89. The predicted octanol–water partition coefficient (Wildman–Crippen LogP) is 4.29. The van der Waals surface area contributed by atoms with Crippen LogP contribution in [0.25, 0.3) is 32.9 Å². The molecule has 1 unspecified atom stereocenters. The number of urea groups is 1. The van der Waals surface area contributed by atoms with Gasteiger partial charge in [0.25, 0.3) is 5.91 Å². The monoisotopic (exact) mass is 631 g/mol. The summed E-state index contributed by atoms with van der Waals surface area (Å²) in [4.78, 5) is 42.6. The van der Waals surface area contributed by atoms with Crippen molar-refractivity contribution in [2.45, 2.75) is 44.6 Å². The van der Waals surface area contributed by atoms with Crippen molar-refractivity contribution in [3.05, 3.63) is 47.7 Å². The average Bonchev–Trinajstić information content (AvgIpc) is 3.72. The van der Waals surface area contributed by atoms with Gasteiger partial charge in [0, 0.05) is 30.3 Å². The Balaban J connectivity index is 1.38. The van der Waals surface area contributed by atoms with Gasteiger partial charge in [-0.2, -0.15) is 9.97 Å². The van der Waals surface area contributed by atoms with Crippen molar-refractivity contribution in [1.29, 1.82) is 0 Å². The van der Waals surface area contributed by atoms with E-state index in [4.69, 9.17) is 9.72 Å². The van der Waals surface area contributed by atoms with E-state index < -0.39 is 29.1 Å². The van der Waals surface area contributed by atoms with Crippen LogP contribution in [0.4, 0.5) is 19.4 Å². The maximum Gasteiger partial charge on any atom is 0.322 e. The van der Waals surface area contributed by atoms with E-state index in [1.807, 2.05) is 25.9 Å². The predicted molar refractivity (Wildman–Crippen MR) is 168 cm³/mol. The molecule has 3 aliphatic rings. The Morgan fingerprint density at radius 3 is 2.63 bits per heavy atom. The number of hydrogen-bond donors (Lipinski definition) is 3. The molecule has 7 rings (SSSR count). The van der Waals surface area contributed by atoms with Crippen LogP contribution in [0.3, 0.4) is 0 Å². The molecule has 1 aliphatic carbocycles. The van der Waals surface area contributed by atoms with Gasteiger partial charge in [-0.25, -0.2) is 13.6 Å². The topological polar surface area (TPSA) is 133 Å². The van der Waals surface area contributed by atoms with Crippen LogP contribution < -0.4 is 20.3 Å². The molecule has 13 heteroatoms. The zero-order valence-electron chi connectivity index (χ0n) is 25.9. The number of amides is 3. The van der Waals surface area contributed by atoms with Gasteiger partial charge >= 0.3 is 12.0 Å². The summed E-state index contributed by atoms with van der Waals surface area (Å²) in [6.07, 6.45) is 4.78. The zero-order chi connectivity index (χ0) is 32.4. The van der Waals surface area contributed by atoms with E-state index in [2.05, 4.69) is 25.5 Å². The first-order valence-electron chi connectivity index (χ1n) is 15.5. The highest BCUT2D eigenvalue weighted by Gasteiger charge is 2.49. The molecule has 3 fully saturated rings. The van der Waals surface area contributed by atoms with Crippen LogP contribution in [-0.4, -0.2) is 82.8 Å². The molecular weight excluding hydrogens is 596 g/mol. The fourth-order valence-electron chi connectivity index (χ4n) is 7.01. The lowest BCUT2D eigenvalue weighted by Crippen LogP contribution is -2.58. The van der Waals surface area contributed by atoms with E-state index in [-0.39, 0.29) is 45.9 Å². The number of rotatable bonds is 8. The Labute approximate surface area is 264 Å². The third-order valence-corrected chi connectivity index (χ3v) is 9.33. The van der Waals surface area contributed by atoms with Gasteiger partial charge in [-0.15, -0.1) is 0 Å². The van der Waals surface area contributed by atoms with Crippen molar-refractivity contribution in [3.8, 4) is 23.0 Å². The number of aromatic nitrogens is 3. The van der Waals surface area contributed by atoms with E-state index in [1.54, 1.807) is 6.07 Å². The summed E-state index contributed by atoms with van der Waals surface area (Å²) in [5.74, 6) is -1.42. The van der Waals surface area contributed by atoms with E-state index in [0.29, 0.717) is 54.6 Å². The van der Waals surface area contributed by atoms with Crippen LogP contribution in [-0.2, 0) is 11.2 Å². The van der Waals surface area contributed by atoms with Crippen LogP contribution in [0.15, 0.2) is 30.5 Å². The zero-order valence-corrected chi connectivity index (χ0v) is 25.9. The molecule has 3 amide bonds. The number of anilines is 1. The lowest BCUT2D eigenvalue weighted by molar-refractivity contribution is -0.124. The number of phenols is 1. The molecule has 1 atom stereocenters. The molecule has 11 nitrogen and oxygen atoms in total. The number of aryl methyl sites for hydroxylation is 1. The van der Waals surface area contributed by atoms with Crippen molar-refractivity contribution in [2.24, 2.45) is 5.41 Å². The molecule has 4 aromatic rings. The van der Waals surface area contributed by atoms with Crippen molar-refractivity contribution >= 4 is 39.4 Å². The summed E-state index contributed by atoms with van der Waals surface area (Å²) in [5, 5.41) is 16.9. The molecule has 1 saturated carbocycles. The van der Waals surface area contributed by atoms with Gasteiger partial charge < -0.3 is 25.0 Å². The van der Waals surface area contributed by atoms with Crippen LogP contribution in [0.1, 0.15) is 38.2 Å². The number of fused-ring (bicyclic) bond motifs is 2. The average molecular weight is 632 g/mol. The normalized spacial score (nSPS) is 20.5. The molecule has 0 bridgehead atoms. The van der Waals surface area contributed by atoms with Gasteiger partial charge in [0.1, 0.15) is 34.1 Å². The molecule has 3 N–H and O–H groups in total. The highest BCUT2D eigenvalue weighted by Crippen LogP contribution is 2.46. The molecule has 46 heavy (non-hydrogen) atoms. The number of carbonyl (C=O) groups is 2. The highest BCUT2D eigenvalue weighted by atomic mass is 19.1. The minimum absolute atomic E-state index is 0.0239. The maximum atomic E-state index is 16.8. The first-order chi connectivity index (χ1) is 22.0. The van der Waals surface area contributed by atoms with Gasteiger partial charge in [-0.1, -0.05) is 13.0 Å². The fourth-order valence-corrected chi connectivity index (χ4v) is 7.01. The smallest absolute Gasteiger partial charge is 0.322 e. The second kappa shape index (κ2) is 11.0. The number of phenolic OH excluding ortho intramolecular Hbond substituents is 1. The van der Waals surface area contributed by atoms with Gasteiger partial charge in [-0.3, -0.25) is 15.1 Å². The lowest BCUT2D eigenvalue weighted by Gasteiger charge is -2.39. The van der Waals surface area contributed by atoms with Gasteiger partial charge in [-0.05, 0) is 80.7 Å². The molecule has 2 aromatic heterocycles. The quantitative estimate of drug-likeness (QED) is 0.244. The third-order valence-electron chi connectivity index (χ3n) is 9.33. The molecule has 2 aliphatic heterocycles. The first kappa shape index (κ1) is 30.0. The summed E-state index contributed by atoms with van der Waals surface area (Å²) >= 11 is 0. The Morgan fingerprint density at radius 2 is 1.93 bits per heavy atom. The number of halogens is 2. The van der Waals surface area contributed by atoms with Crippen LogP contribution in [0, 0.1) is 17.0 Å². The summed E-state index contributed by atoms with van der Waals surface area (Å²) in [7, 11) is 4.00. The summed E-state index contributed by atoms with van der Waals surface area (Å²) in [6, 6.07) is 5.18. The Kier molecular flexibility index (Phi) is 7.18. The highest BCUT2D eigenvalue weighted by molar-refractivity contribution is 6.08. The van der Waals surface area contributed by atoms with Crippen LogP contribution in [0.2, 0.25) is 0 Å². The second-order valence-electron chi connectivity index (χ2n) is 13.0. The summed E-state index contributed by atoms with van der Waals surface area (Å²) < 4.78 is 37.9. The number of ether oxygens (including phenoxy) is 1. The van der Waals surface area contributed by atoms with Crippen LogP contribution >= 0.6 is 0 Å². The maximum absolute atomic E-state index is 16.8. The Bertz CT molecular complexity index is 1920. The van der Waals surface area contributed by atoms with Gasteiger partial charge in [0.2, 0.25) is 0 Å². The van der Waals surface area contributed by atoms with Gasteiger partial charge in [0.15, 0.2) is 5.82 Å². The molecular formula is C33H35F2N7O4. The number of piperidine rings is 1. The number of imide groups is 1. The van der Waals surface area contributed by atoms with Gasteiger partial charge in [0.05, 0.1) is 18.5 Å². The number of pyridine rings is 1.